The largest absolute Gasteiger partial charge is 0.474 e. The molecule has 0 bridgehead atoms. The van der Waals surface area contributed by atoms with Crippen LogP contribution in [0, 0.1) is 25.6 Å². The molecule has 36 heavy (non-hydrogen) atoms. The molecule has 0 spiro atoms. The number of carbonyl (C=O) groups is 2. The average molecular weight is 507 g/mol. The zero-order chi connectivity index (χ0) is 25.6. The minimum absolute atomic E-state index is 0.0602. The molecule has 2 amide bonds. The van der Waals surface area contributed by atoms with Crippen molar-refractivity contribution in [3.05, 3.63) is 63.9 Å². The number of hydrogen-bond donors (Lipinski definition) is 2. The number of nitrogens with zero attached hydrogens (tertiary/aromatic N) is 2. The zero-order valence-electron chi connectivity index (χ0n) is 20.3. The van der Waals surface area contributed by atoms with Crippen molar-refractivity contribution >= 4 is 44.3 Å². The zero-order valence-corrected chi connectivity index (χ0v) is 21.1. The van der Waals surface area contributed by atoms with Gasteiger partial charge in [0.05, 0.1) is 27.4 Å². The molecule has 9 heteroatoms. The predicted octanol–water partition coefficient (Wildman–Crippen LogP) is 5.07. The van der Waals surface area contributed by atoms with Crippen LogP contribution in [0.4, 0.5) is 4.39 Å². The maximum atomic E-state index is 13.5. The number of hydrogen-bond acceptors (Lipinski definition) is 6. The molecule has 1 saturated carbocycles. The van der Waals surface area contributed by atoms with Crippen molar-refractivity contribution in [2.45, 2.75) is 52.2 Å². The van der Waals surface area contributed by atoms with E-state index in [1.165, 1.54) is 18.3 Å². The Morgan fingerprint density at radius 1 is 1.25 bits per heavy atom. The lowest BCUT2D eigenvalue weighted by Gasteiger charge is -2.37. The van der Waals surface area contributed by atoms with Crippen LogP contribution in [0.1, 0.15) is 57.3 Å². The van der Waals surface area contributed by atoms with Gasteiger partial charge < -0.3 is 15.8 Å². The number of aromatic nitrogens is 2. The van der Waals surface area contributed by atoms with E-state index in [0.717, 1.165) is 39.9 Å². The van der Waals surface area contributed by atoms with Gasteiger partial charge in [-0.1, -0.05) is 0 Å². The van der Waals surface area contributed by atoms with Gasteiger partial charge in [0, 0.05) is 22.5 Å². The van der Waals surface area contributed by atoms with Gasteiger partial charge in [0.1, 0.15) is 11.4 Å². The highest BCUT2D eigenvalue weighted by atomic mass is 32.1. The van der Waals surface area contributed by atoms with E-state index >= 15 is 0 Å². The van der Waals surface area contributed by atoms with Crippen LogP contribution in [0.15, 0.2) is 36.5 Å². The molecule has 3 N–H and O–H groups in total. The van der Waals surface area contributed by atoms with Crippen LogP contribution in [0.5, 0.6) is 5.88 Å². The van der Waals surface area contributed by atoms with Crippen LogP contribution in [0.2, 0.25) is 0 Å². The first kappa shape index (κ1) is 24.1. The molecule has 0 saturated heterocycles. The van der Waals surface area contributed by atoms with E-state index in [4.69, 9.17) is 10.5 Å². The molecule has 7 nitrogen and oxygen atoms in total. The van der Waals surface area contributed by atoms with Gasteiger partial charge in [-0.15, -0.1) is 11.3 Å². The summed E-state index contributed by atoms with van der Waals surface area (Å²) in [6.45, 7) is 5.98. The van der Waals surface area contributed by atoms with E-state index in [1.807, 2.05) is 20.8 Å². The molecular weight excluding hydrogens is 479 g/mol. The van der Waals surface area contributed by atoms with Crippen molar-refractivity contribution in [2.75, 3.05) is 0 Å². The molecule has 4 aromatic rings. The van der Waals surface area contributed by atoms with E-state index < -0.39 is 5.91 Å². The summed E-state index contributed by atoms with van der Waals surface area (Å²) < 4.78 is 20.5. The van der Waals surface area contributed by atoms with Crippen molar-refractivity contribution in [3.8, 4) is 5.88 Å². The standard InChI is InChI=1S/C27H27FN4O3S/c1-13(35-27-21(25(29)33)11-23-24(32-27)14(2)15(3)36-23)6-16-7-20(8-16)31-26(34)18-9-17-10-19(28)4-5-22(17)30-12-18/h4-5,9-13,16,20H,6-8H2,1-3H3,(H2,29,33)(H,31,34)/t13-,16?,20?/m0/s1. The van der Waals surface area contributed by atoms with Gasteiger partial charge in [0.15, 0.2) is 0 Å². The number of aryl methyl sites for hydroxylation is 2. The molecule has 3 aromatic heterocycles. The van der Waals surface area contributed by atoms with Crippen LogP contribution in [0.3, 0.4) is 0 Å². The summed E-state index contributed by atoms with van der Waals surface area (Å²) in [6, 6.07) is 7.80. The third-order valence-corrected chi connectivity index (χ3v) is 7.96. The molecule has 5 rings (SSSR count). The Balaban J connectivity index is 1.18. The van der Waals surface area contributed by atoms with Crippen LogP contribution < -0.4 is 15.8 Å². The minimum Gasteiger partial charge on any atom is -0.474 e. The number of carbonyl (C=O) groups excluding carboxylic acids is 2. The number of primary amides is 1. The normalized spacial score (nSPS) is 18.1. The van der Waals surface area contributed by atoms with E-state index in [0.29, 0.717) is 27.9 Å². The van der Waals surface area contributed by atoms with Crippen molar-refractivity contribution in [1.29, 1.82) is 0 Å². The SMILES string of the molecule is Cc1sc2cc(C(N)=O)c(O[C@@H](C)CC3CC(NC(=O)c4cnc5ccc(F)cc5c4)C3)nc2c1C. The topological polar surface area (TPSA) is 107 Å². The molecule has 1 fully saturated rings. The van der Waals surface area contributed by atoms with Crippen LogP contribution >= 0.6 is 11.3 Å². The molecule has 1 atom stereocenters. The fourth-order valence-electron chi connectivity index (χ4n) is 4.75. The monoisotopic (exact) mass is 506 g/mol. The second kappa shape index (κ2) is 9.46. The molecule has 3 heterocycles. The molecule has 0 radical (unpaired) electrons. The smallest absolute Gasteiger partial charge is 0.254 e. The molecule has 1 aliphatic rings. The third kappa shape index (κ3) is 4.75. The first-order valence-corrected chi connectivity index (χ1v) is 12.7. The van der Waals surface area contributed by atoms with Gasteiger partial charge in [-0.25, -0.2) is 9.37 Å². The predicted molar refractivity (Wildman–Crippen MR) is 138 cm³/mol. The number of pyridine rings is 2. The number of thiophene rings is 1. The number of rotatable bonds is 7. The Morgan fingerprint density at radius 2 is 2.03 bits per heavy atom. The summed E-state index contributed by atoms with van der Waals surface area (Å²) in [5.41, 5.74) is 8.85. The van der Waals surface area contributed by atoms with Gasteiger partial charge in [-0.2, -0.15) is 0 Å². The summed E-state index contributed by atoms with van der Waals surface area (Å²) in [5, 5.41) is 3.62. The number of amides is 2. The average Bonchev–Trinajstić information content (AvgIpc) is 3.09. The second-order valence-corrected chi connectivity index (χ2v) is 10.8. The van der Waals surface area contributed by atoms with Crippen molar-refractivity contribution in [2.24, 2.45) is 11.7 Å². The highest BCUT2D eigenvalue weighted by Gasteiger charge is 2.32. The molecule has 1 aromatic carbocycles. The Hall–Kier alpha value is -3.59. The molecule has 186 valence electrons. The summed E-state index contributed by atoms with van der Waals surface area (Å²) in [6.07, 6.45) is 3.76. The summed E-state index contributed by atoms with van der Waals surface area (Å²) in [7, 11) is 0. The number of nitrogens with two attached hydrogens (primary N) is 1. The Bertz CT molecular complexity index is 1500. The minimum atomic E-state index is -0.562. The van der Waals surface area contributed by atoms with E-state index in [-0.39, 0.29) is 29.8 Å². The van der Waals surface area contributed by atoms with Crippen LogP contribution in [0.25, 0.3) is 21.1 Å². The van der Waals surface area contributed by atoms with Gasteiger partial charge in [-0.3, -0.25) is 14.6 Å². The van der Waals surface area contributed by atoms with Crippen LogP contribution in [-0.2, 0) is 0 Å². The number of benzene rings is 1. The van der Waals surface area contributed by atoms with Crippen molar-refractivity contribution < 1.29 is 18.7 Å². The van der Waals surface area contributed by atoms with Gasteiger partial charge in [-0.05, 0) is 81.8 Å². The first-order valence-electron chi connectivity index (χ1n) is 11.9. The maximum Gasteiger partial charge on any atom is 0.254 e. The van der Waals surface area contributed by atoms with Crippen molar-refractivity contribution in [1.82, 2.24) is 15.3 Å². The lowest BCUT2D eigenvalue weighted by Crippen LogP contribution is -2.45. The Morgan fingerprint density at radius 3 is 2.78 bits per heavy atom. The third-order valence-electron chi connectivity index (χ3n) is 6.82. The molecule has 0 aliphatic heterocycles. The molecule has 1 aliphatic carbocycles. The molecular formula is C27H27FN4O3S. The number of ether oxygens (including phenoxy) is 1. The first-order chi connectivity index (χ1) is 17.2. The summed E-state index contributed by atoms with van der Waals surface area (Å²) >= 11 is 1.58. The fraction of sp³-hybridized carbons (Fsp3) is 0.333. The number of nitrogens with one attached hydrogen (secondary N) is 1. The Labute approximate surface area is 211 Å². The highest BCUT2D eigenvalue weighted by molar-refractivity contribution is 7.19. The van der Waals surface area contributed by atoms with Gasteiger partial charge in [0.25, 0.3) is 11.8 Å². The lowest BCUT2D eigenvalue weighted by molar-refractivity contribution is 0.0847. The van der Waals surface area contributed by atoms with Crippen molar-refractivity contribution in [3.63, 3.8) is 0 Å². The van der Waals surface area contributed by atoms with E-state index in [1.54, 1.807) is 29.5 Å². The van der Waals surface area contributed by atoms with Crippen LogP contribution in [-0.4, -0.2) is 33.9 Å². The maximum absolute atomic E-state index is 13.5. The fourth-order valence-corrected chi connectivity index (χ4v) is 5.80. The highest BCUT2D eigenvalue weighted by Crippen LogP contribution is 2.35. The second-order valence-electron chi connectivity index (χ2n) is 9.57. The van der Waals surface area contributed by atoms with Gasteiger partial charge >= 0.3 is 0 Å². The Kier molecular flexibility index (Phi) is 6.34. The number of fused-ring (bicyclic) bond motifs is 2. The van der Waals surface area contributed by atoms with Gasteiger partial charge in [0.2, 0.25) is 5.88 Å². The summed E-state index contributed by atoms with van der Waals surface area (Å²) in [4.78, 5) is 34.7. The molecule has 0 unspecified atom stereocenters. The number of halogens is 1. The van der Waals surface area contributed by atoms with E-state index in [9.17, 15) is 14.0 Å². The summed E-state index contributed by atoms with van der Waals surface area (Å²) in [5.74, 6) is -0.495. The lowest BCUT2D eigenvalue weighted by atomic mass is 9.77. The van der Waals surface area contributed by atoms with E-state index in [2.05, 4.69) is 15.3 Å². The quantitative estimate of drug-likeness (QED) is 0.364.